The van der Waals surface area contributed by atoms with Gasteiger partial charge >= 0.3 is 5.97 Å². The molecule has 2 atom stereocenters. The number of piperidine rings is 1. The molecule has 1 saturated carbocycles. The highest BCUT2D eigenvalue weighted by Gasteiger charge is 2.38. The van der Waals surface area contributed by atoms with Crippen molar-refractivity contribution in [3.8, 4) is 10.4 Å². The molecule has 1 aliphatic heterocycles. The van der Waals surface area contributed by atoms with Crippen LogP contribution in [0.4, 0.5) is 10.1 Å². The van der Waals surface area contributed by atoms with Crippen LogP contribution in [0.25, 0.3) is 10.4 Å². The standard InChI is InChI=1S/C23H28FNO3S/c1-28-23(27)22-19(14-20(29-22)16-10-12-17(24)13-11-16)25-18(8-5-9-21(25)26)15-6-3-2-4-7-15/h10-15,18,21,26H,2-9H2,1H3. The Kier molecular flexibility index (Phi) is 6.20. The third-order valence-corrected chi connectivity index (χ3v) is 7.48. The summed E-state index contributed by atoms with van der Waals surface area (Å²) in [6, 6.07) is 8.49. The van der Waals surface area contributed by atoms with Gasteiger partial charge in [-0.2, -0.15) is 0 Å². The van der Waals surface area contributed by atoms with Gasteiger partial charge in [-0.25, -0.2) is 9.18 Å². The van der Waals surface area contributed by atoms with Gasteiger partial charge in [-0.1, -0.05) is 31.4 Å². The monoisotopic (exact) mass is 417 g/mol. The van der Waals surface area contributed by atoms with Gasteiger partial charge in [-0.3, -0.25) is 0 Å². The van der Waals surface area contributed by atoms with E-state index in [0.717, 1.165) is 29.0 Å². The maximum absolute atomic E-state index is 13.4. The highest BCUT2D eigenvalue weighted by molar-refractivity contribution is 7.18. The molecule has 1 N–H and O–H groups in total. The zero-order valence-electron chi connectivity index (χ0n) is 16.8. The summed E-state index contributed by atoms with van der Waals surface area (Å²) < 4.78 is 18.4. The molecule has 1 aliphatic carbocycles. The van der Waals surface area contributed by atoms with Crippen molar-refractivity contribution in [1.82, 2.24) is 0 Å². The lowest BCUT2D eigenvalue weighted by Gasteiger charge is -2.46. The van der Waals surface area contributed by atoms with Crippen molar-refractivity contribution < 1.29 is 19.0 Å². The number of aliphatic hydroxyl groups is 1. The third kappa shape index (κ3) is 4.19. The Morgan fingerprint density at radius 2 is 1.83 bits per heavy atom. The number of carbonyl (C=O) groups is 1. The molecule has 2 heterocycles. The predicted octanol–water partition coefficient (Wildman–Crippen LogP) is 5.60. The van der Waals surface area contributed by atoms with Crippen LogP contribution in [0, 0.1) is 11.7 Å². The molecule has 6 heteroatoms. The number of aliphatic hydroxyl groups excluding tert-OH is 1. The molecule has 2 fully saturated rings. The number of nitrogens with zero attached hydrogens (tertiary/aromatic N) is 1. The Morgan fingerprint density at radius 1 is 1.10 bits per heavy atom. The van der Waals surface area contributed by atoms with Crippen LogP contribution in [0.15, 0.2) is 30.3 Å². The van der Waals surface area contributed by atoms with Crippen molar-refractivity contribution in [2.24, 2.45) is 5.92 Å². The van der Waals surface area contributed by atoms with Crippen LogP contribution in [0.1, 0.15) is 61.0 Å². The zero-order valence-corrected chi connectivity index (χ0v) is 17.6. The molecule has 2 aliphatic rings. The number of benzene rings is 1. The predicted molar refractivity (Wildman–Crippen MR) is 114 cm³/mol. The van der Waals surface area contributed by atoms with Crippen LogP contribution >= 0.6 is 11.3 Å². The Balaban J connectivity index is 1.75. The number of thiophene rings is 1. The molecule has 1 aromatic carbocycles. The molecule has 156 valence electrons. The summed E-state index contributed by atoms with van der Waals surface area (Å²) in [5, 5.41) is 10.9. The number of carbonyl (C=O) groups excluding carboxylic acids is 1. The van der Waals surface area contributed by atoms with Crippen molar-refractivity contribution in [2.45, 2.75) is 63.6 Å². The number of rotatable bonds is 4. The highest BCUT2D eigenvalue weighted by atomic mass is 32.1. The van der Waals surface area contributed by atoms with E-state index in [0.29, 0.717) is 17.2 Å². The zero-order chi connectivity index (χ0) is 20.4. The van der Waals surface area contributed by atoms with Gasteiger partial charge in [0.2, 0.25) is 0 Å². The molecule has 0 amide bonds. The third-order valence-electron chi connectivity index (χ3n) is 6.32. The maximum Gasteiger partial charge on any atom is 0.350 e. The van der Waals surface area contributed by atoms with Crippen LogP contribution < -0.4 is 4.90 Å². The number of hydrogen-bond acceptors (Lipinski definition) is 5. The van der Waals surface area contributed by atoms with Crippen LogP contribution in [0.3, 0.4) is 0 Å². The number of halogens is 1. The van der Waals surface area contributed by atoms with E-state index in [9.17, 15) is 14.3 Å². The van der Waals surface area contributed by atoms with Gasteiger partial charge in [0.1, 0.15) is 16.9 Å². The molecule has 4 rings (SSSR count). The van der Waals surface area contributed by atoms with Crippen molar-refractivity contribution >= 4 is 23.0 Å². The Hall–Kier alpha value is -1.92. The number of hydrogen-bond donors (Lipinski definition) is 1. The minimum Gasteiger partial charge on any atom is -0.465 e. The van der Waals surface area contributed by atoms with Crippen LogP contribution in [0.2, 0.25) is 0 Å². The lowest BCUT2D eigenvalue weighted by molar-refractivity contribution is 0.0604. The van der Waals surface area contributed by atoms with Gasteiger partial charge in [0, 0.05) is 10.9 Å². The van der Waals surface area contributed by atoms with Gasteiger partial charge in [0.05, 0.1) is 12.8 Å². The summed E-state index contributed by atoms with van der Waals surface area (Å²) >= 11 is 1.35. The summed E-state index contributed by atoms with van der Waals surface area (Å²) in [7, 11) is 1.38. The lowest BCUT2D eigenvalue weighted by atomic mass is 9.79. The molecule has 2 unspecified atom stereocenters. The maximum atomic E-state index is 13.4. The summed E-state index contributed by atoms with van der Waals surface area (Å²) in [5.41, 5.74) is 1.61. The Morgan fingerprint density at radius 3 is 2.52 bits per heavy atom. The molecule has 4 nitrogen and oxygen atoms in total. The first-order valence-electron chi connectivity index (χ1n) is 10.5. The molecular formula is C23H28FNO3S. The lowest BCUT2D eigenvalue weighted by Crippen LogP contribution is -2.51. The Bertz CT molecular complexity index is 844. The summed E-state index contributed by atoms with van der Waals surface area (Å²) in [6.45, 7) is 0. The fourth-order valence-electron chi connectivity index (χ4n) is 4.90. The average molecular weight is 418 g/mol. The molecule has 0 radical (unpaired) electrons. The second kappa shape index (κ2) is 8.84. The van der Waals surface area contributed by atoms with E-state index in [1.165, 1.54) is 62.7 Å². The number of anilines is 1. The van der Waals surface area contributed by atoms with E-state index in [2.05, 4.69) is 4.90 Å². The normalized spacial score (nSPS) is 23.2. The van der Waals surface area contributed by atoms with Crippen LogP contribution in [0.5, 0.6) is 0 Å². The topological polar surface area (TPSA) is 49.8 Å². The fraction of sp³-hybridized carbons (Fsp3) is 0.522. The van der Waals surface area contributed by atoms with Gasteiger partial charge in [-0.05, 0) is 61.8 Å². The Labute approximate surface area is 175 Å². The van der Waals surface area contributed by atoms with Gasteiger partial charge in [0.25, 0.3) is 0 Å². The second-order valence-electron chi connectivity index (χ2n) is 8.11. The quantitative estimate of drug-likeness (QED) is 0.658. The average Bonchev–Trinajstić information content (AvgIpc) is 3.19. The SMILES string of the molecule is COC(=O)c1sc(-c2ccc(F)cc2)cc1N1C(O)CCCC1C1CCCCC1. The van der Waals surface area contributed by atoms with E-state index in [1.807, 2.05) is 6.07 Å². The molecule has 1 saturated heterocycles. The van der Waals surface area contributed by atoms with Crippen molar-refractivity contribution in [1.29, 1.82) is 0 Å². The molecule has 0 bridgehead atoms. The molecule has 29 heavy (non-hydrogen) atoms. The van der Waals surface area contributed by atoms with E-state index in [1.54, 1.807) is 12.1 Å². The van der Waals surface area contributed by atoms with E-state index in [4.69, 9.17) is 4.74 Å². The van der Waals surface area contributed by atoms with Gasteiger partial charge in [0.15, 0.2) is 0 Å². The van der Waals surface area contributed by atoms with Gasteiger partial charge in [-0.15, -0.1) is 11.3 Å². The fourth-order valence-corrected chi connectivity index (χ4v) is 5.98. The van der Waals surface area contributed by atoms with Crippen LogP contribution in [-0.2, 0) is 4.74 Å². The second-order valence-corrected chi connectivity index (χ2v) is 9.16. The number of esters is 1. The largest absolute Gasteiger partial charge is 0.465 e. The van der Waals surface area contributed by atoms with Crippen LogP contribution in [-0.4, -0.2) is 30.5 Å². The summed E-state index contributed by atoms with van der Waals surface area (Å²) in [4.78, 5) is 16.0. The minimum absolute atomic E-state index is 0.234. The van der Waals surface area contributed by atoms with E-state index in [-0.39, 0.29) is 11.9 Å². The first-order chi connectivity index (χ1) is 14.1. The highest BCUT2D eigenvalue weighted by Crippen LogP contribution is 2.44. The molecule has 2 aromatic rings. The molecular weight excluding hydrogens is 389 g/mol. The van der Waals surface area contributed by atoms with Gasteiger partial charge < -0.3 is 14.7 Å². The van der Waals surface area contributed by atoms with E-state index >= 15 is 0 Å². The van der Waals surface area contributed by atoms with Crippen molar-refractivity contribution in [3.63, 3.8) is 0 Å². The van der Waals surface area contributed by atoms with Crippen molar-refractivity contribution in [3.05, 3.63) is 41.0 Å². The molecule has 1 aromatic heterocycles. The summed E-state index contributed by atoms with van der Waals surface area (Å²) in [5.74, 6) is -0.139. The first-order valence-corrected chi connectivity index (χ1v) is 11.3. The number of methoxy groups -OCH3 is 1. The molecule has 0 spiro atoms. The first kappa shape index (κ1) is 20.4. The smallest absolute Gasteiger partial charge is 0.350 e. The van der Waals surface area contributed by atoms with Crippen molar-refractivity contribution in [2.75, 3.05) is 12.0 Å². The number of ether oxygens (including phenoxy) is 1. The summed E-state index contributed by atoms with van der Waals surface area (Å²) in [6.07, 6.45) is 8.24. The van der Waals surface area contributed by atoms with E-state index < -0.39 is 12.2 Å². The minimum atomic E-state index is -0.602.